The molecule has 0 aliphatic rings. The van der Waals surface area contributed by atoms with Crippen molar-refractivity contribution in [3.63, 3.8) is 0 Å². The van der Waals surface area contributed by atoms with Gasteiger partial charge in [0.05, 0.1) is 0 Å². The molecular formula is C11H16BrNS. The monoisotopic (exact) mass is 273 g/mol. The Morgan fingerprint density at radius 3 is 2.64 bits per heavy atom. The maximum absolute atomic E-state index is 5.61. The lowest BCUT2D eigenvalue weighted by atomic mass is 10.2. The summed E-state index contributed by atoms with van der Waals surface area (Å²) in [6.45, 7) is 5.07. The van der Waals surface area contributed by atoms with Crippen molar-refractivity contribution in [1.82, 2.24) is 0 Å². The predicted molar refractivity (Wildman–Crippen MR) is 67.6 cm³/mol. The molecule has 14 heavy (non-hydrogen) atoms. The minimum atomic E-state index is 0.606. The molecule has 0 saturated heterocycles. The van der Waals surface area contributed by atoms with Gasteiger partial charge in [0.1, 0.15) is 0 Å². The molecule has 0 spiro atoms. The predicted octanol–water partition coefficient (Wildman–Crippen LogP) is 3.66. The van der Waals surface area contributed by atoms with Crippen LogP contribution in [0.2, 0.25) is 0 Å². The highest BCUT2D eigenvalue weighted by Crippen LogP contribution is 2.25. The second-order valence-corrected chi connectivity index (χ2v) is 5.71. The molecule has 3 heteroatoms. The minimum Gasteiger partial charge on any atom is -0.326 e. The average Bonchev–Trinajstić information content (AvgIpc) is 2.14. The highest BCUT2D eigenvalue weighted by molar-refractivity contribution is 9.10. The van der Waals surface area contributed by atoms with Crippen LogP contribution < -0.4 is 5.73 Å². The zero-order valence-corrected chi connectivity index (χ0v) is 11.0. The standard InChI is InChI=1S/C11H16BrNS/c1-8(2)7-14-11-4-9(6-13)3-10(12)5-11/h3-5,8H,6-7,13H2,1-2H3. The maximum Gasteiger partial charge on any atom is 0.0189 e. The van der Waals surface area contributed by atoms with E-state index in [9.17, 15) is 0 Å². The SMILES string of the molecule is CC(C)CSc1cc(Br)cc(CN)c1. The summed E-state index contributed by atoms with van der Waals surface area (Å²) in [5.41, 5.74) is 6.80. The first-order chi connectivity index (χ1) is 6.61. The molecule has 1 nitrogen and oxygen atoms in total. The molecule has 0 aromatic heterocycles. The summed E-state index contributed by atoms with van der Waals surface area (Å²) < 4.78 is 1.12. The smallest absolute Gasteiger partial charge is 0.0189 e. The summed E-state index contributed by atoms with van der Waals surface area (Å²) in [7, 11) is 0. The van der Waals surface area contributed by atoms with Crippen LogP contribution in [0.1, 0.15) is 19.4 Å². The molecule has 0 heterocycles. The van der Waals surface area contributed by atoms with Crippen molar-refractivity contribution >= 4 is 27.7 Å². The second-order valence-electron chi connectivity index (χ2n) is 3.70. The van der Waals surface area contributed by atoms with E-state index in [1.165, 1.54) is 10.5 Å². The van der Waals surface area contributed by atoms with Crippen molar-refractivity contribution in [1.29, 1.82) is 0 Å². The van der Waals surface area contributed by atoms with E-state index < -0.39 is 0 Å². The number of hydrogen-bond acceptors (Lipinski definition) is 2. The third-order valence-electron chi connectivity index (χ3n) is 1.75. The van der Waals surface area contributed by atoms with Gasteiger partial charge < -0.3 is 5.73 Å². The first kappa shape index (κ1) is 12.1. The molecule has 0 amide bonds. The van der Waals surface area contributed by atoms with Crippen LogP contribution in [0.4, 0.5) is 0 Å². The molecule has 0 fully saturated rings. The van der Waals surface area contributed by atoms with E-state index in [2.05, 4.69) is 48.0 Å². The van der Waals surface area contributed by atoms with Crippen LogP contribution in [0, 0.1) is 5.92 Å². The van der Waals surface area contributed by atoms with Gasteiger partial charge in [-0.25, -0.2) is 0 Å². The van der Waals surface area contributed by atoms with Gasteiger partial charge >= 0.3 is 0 Å². The van der Waals surface area contributed by atoms with E-state index in [-0.39, 0.29) is 0 Å². The Hall–Kier alpha value is 0.01000. The van der Waals surface area contributed by atoms with E-state index in [1.54, 1.807) is 0 Å². The van der Waals surface area contributed by atoms with Crippen LogP contribution in [0.15, 0.2) is 27.6 Å². The quantitative estimate of drug-likeness (QED) is 0.848. The number of nitrogens with two attached hydrogens (primary N) is 1. The Morgan fingerprint density at radius 1 is 1.36 bits per heavy atom. The normalized spacial score (nSPS) is 10.9. The molecule has 1 aromatic carbocycles. The van der Waals surface area contributed by atoms with E-state index in [1.807, 2.05) is 11.8 Å². The van der Waals surface area contributed by atoms with Crippen LogP contribution in [0.3, 0.4) is 0 Å². The number of benzene rings is 1. The lowest BCUT2D eigenvalue weighted by Crippen LogP contribution is -1.97. The lowest BCUT2D eigenvalue weighted by molar-refractivity contribution is 0.750. The fraction of sp³-hybridized carbons (Fsp3) is 0.455. The van der Waals surface area contributed by atoms with Crippen molar-refractivity contribution in [2.45, 2.75) is 25.3 Å². The van der Waals surface area contributed by atoms with Gasteiger partial charge in [0.2, 0.25) is 0 Å². The lowest BCUT2D eigenvalue weighted by Gasteiger charge is -2.07. The number of halogens is 1. The van der Waals surface area contributed by atoms with Crippen LogP contribution >= 0.6 is 27.7 Å². The fourth-order valence-electron chi connectivity index (χ4n) is 1.08. The molecule has 78 valence electrons. The fourth-order valence-corrected chi connectivity index (χ4v) is 2.75. The van der Waals surface area contributed by atoms with Gasteiger partial charge in [0, 0.05) is 21.7 Å². The molecule has 1 aromatic rings. The molecule has 1 rings (SSSR count). The van der Waals surface area contributed by atoms with Gasteiger partial charge in [-0.15, -0.1) is 11.8 Å². The van der Waals surface area contributed by atoms with Gasteiger partial charge in [0.15, 0.2) is 0 Å². The molecular weight excluding hydrogens is 258 g/mol. The summed E-state index contributed by atoms with van der Waals surface area (Å²) in [5.74, 6) is 1.88. The Balaban J connectivity index is 2.71. The summed E-state index contributed by atoms with van der Waals surface area (Å²) in [6.07, 6.45) is 0. The molecule has 0 radical (unpaired) electrons. The van der Waals surface area contributed by atoms with Crippen molar-refractivity contribution in [2.75, 3.05) is 5.75 Å². The highest BCUT2D eigenvalue weighted by Gasteiger charge is 2.00. The Kier molecular flexibility index (Phi) is 4.99. The van der Waals surface area contributed by atoms with E-state index in [0.29, 0.717) is 6.54 Å². The zero-order valence-electron chi connectivity index (χ0n) is 8.59. The maximum atomic E-state index is 5.61. The third kappa shape index (κ3) is 4.03. The third-order valence-corrected chi connectivity index (χ3v) is 3.61. The number of hydrogen-bond donors (Lipinski definition) is 1. The molecule has 0 unspecified atom stereocenters. The van der Waals surface area contributed by atoms with Crippen LogP contribution in [-0.2, 0) is 6.54 Å². The van der Waals surface area contributed by atoms with Gasteiger partial charge in [-0.2, -0.15) is 0 Å². The molecule has 0 atom stereocenters. The van der Waals surface area contributed by atoms with Crippen molar-refractivity contribution in [3.05, 3.63) is 28.2 Å². The second kappa shape index (κ2) is 5.79. The molecule has 0 saturated carbocycles. The van der Waals surface area contributed by atoms with Gasteiger partial charge in [-0.3, -0.25) is 0 Å². The molecule has 0 aliphatic carbocycles. The molecule has 0 bridgehead atoms. The Bertz CT molecular complexity index is 299. The summed E-state index contributed by atoms with van der Waals surface area (Å²) in [6, 6.07) is 6.38. The van der Waals surface area contributed by atoms with Crippen molar-refractivity contribution in [2.24, 2.45) is 11.7 Å². The summed E-state index contributed by atoms with van der Waals surface area (Å²) in [4.78, 5) is 1.30. The van der Waals surface area contributed by atoms with E-state index >= 15 is 0 Å². The first-order valence-electron chi connectivity index (χ1n) is 4.74. The van der Waals surface area contributed by atoms with Crippen LogP contribution in [0.5, 0.6) is 0 Å². The number of rotatable bonds is 4. The van der Waals surface area contributed by atoms with Crippen LogP contribution in [0.25, 0.3) is 0 Å². The molecule has 0 aliphatic heterocycles. The summed E-state index contributed by atoms with van der Waals surface area (Å²) >= 11 is 5.38. The first-order valence-corrected chi connectivity index (χ1v) is 6.52. The topological polar surface area (TPSA) is 26.0 Å². The zero-order chi connectivity index (χ0) is 10.6. The average molecular weight is 274 g/mol. The highest BCUT2D eigenvalue weighted by atomic mass is 79.9. The van der Waals surface area contributed by atoms with Gasteiger partial charge in [-0.1, -0.05) is 29.8 Å². The Labute approximate surface area is 98.6 Å². The molecule has 2 N–H and O–H groups in total. The van der Waals surface area contributed by atoms with Gasteiger partial charge in [0.25, 0.3) is 0 Å². The number of thioether (sulfide) groups is 1. The van der Waals surface area contributed by atoms with Crippen molar-refractivity contribution in [3.8, 4) is 0 Å². The largest absolute Gasteiger partial charge is 0.326 e. The van der Waals surface area contributed by atoms with E-state index in [0.717, 1.165) is 16.1 Å². The van der Waals surface area contributed by atoms with Gasteiger partial charge in [-0.05, 0) is 29.7 Å². The summed E-state index contributed by atoms with van der Waals surface area (Å²) in [5, 5.41) is 0. The minimum absolute atomic E-state index is 0.606. The van der Waals surface area contributed by atoms with Crippen LogP contribution in [-0.4, -0.2) is 5.75 Å². The Morgan fingerprint density at radius 2 is 2.07 bits per heavy atom. The van der Waals surface area contributed by atoms with E-state index in [4.69, 9.17) is 5.73 Å². The van der Waals surface area contributed by atoms with Crippen molar-refractivity contribution < 1.29 is 0 Å².